The first-order valence-electron chi connectivity index (χ1n) is 9.74. The zero-order valence-electron chi connectivity index (χ0n) is 17.2. The van der Waals surface area contributed by atoms with Crippen LogP contribution >= 0.6 is 0 Å². The van der Waals surface area contributed by atoms with Gasteiger partial charge in [0, 0.05) is 22.5 Å². The summed E-state index contributed by atoms with van der Waals surface area (Å²) in [6.07, 6.45) is 4.28. The van der Waals surface area contributed by atoms with Crippen molar-refractivity contribution in [3.8, 4) is 11.5 Å². The predicted octanol–water partition coefficient (Wildman–Crippen LogP) is 1.41. The van der Waals surface area contributed by atoms with E-state index in [4.69, 9.17) is 4.52 Å². The monoisotopic (exact) mass is 440 g/mol. The Kier molecular flexibility index (Phi) is 4.78. The molecule has 0 aliphatic carbocycles. The molecule has 13 heteroatoms. The molecule has 4 aromatic rings. The van der Waals surface area contributed by atoms with Gasteiger partial charge in [-0.05, 0) is 14.0 Å². The van der Waals surface area contributed by atoms with Gasteiger partial charge in [-0.15, -0.1) is 0 Å². The molecule has 0 aromatic carbocycles. The number of carbonyl (C=O) groups excluding carboxylic acids is 2. The third-order valence-corrected chi connectivity index (χ3v) is 4.97. The van der Waals surface area contributed by atoms with Gasteiger partial charge in [-0.25, -0.2) is 24.9 Å². The maximum Gasteiger partial charge on any atom is 0.271 e. The summed E-state index contributed by atoms with van der Waals surface area (Å²) in [5.41, 5.74) is 2.40. The first-order valence-corrected chi connectivity index (χ1v) is 9.74. The van der Waals surface area contributed by atoms with Gasteiger partial charge >= 0.3 is 0 Å². The number of hydrogen-bond donors (Lipinski definition) is 3. The number of hydrogen-bond acceptors (Lipinski definition) is 10. The predicted molar refractivity (Wildman–Crippen MR) is 116 cm³/mol. The first kappa shape index (κ1) is 19.7. The highest BCUT2D eigenvalue weighted by Crippen LogP contribution is 2.24. The normalized spacial score (nSPS) is 15.1. The summed E-state index contributed by atoms with van der Waals surface area (Å²) >= 11 is 0. The van der Waals surface area contributed by atoms with Crippen molar-refractivity contribution in [2.75, 3.05) is 18.9 Å². The van der Waals surface area contributed by atoms with Crippen LogP contribution < -0.4 is 10.6 Å². The fourth-order valence-electron chi connectivity index (χ4n) is 3.43. The quantitative estimate of drug-likeness (QED) is 0.422. The number of nitrogens with one attached hydrogen (secondary N) is 3. The molecule has 0 bridgehead atoms. The minimum absolute atomic E-state index is 0. The van der Waals surface area contributed by atoms with E-state index in [1.54, 1.807) is 31.1 Å². The zero-order chi connectivity index (χ0) is 22.2. The largest absolute Gasteiger partial charge is 0.358 e. The summed E-state index contributed by atoms with van der Waals surface area (Å²) in [6, 6.07) is 1.18. The van der Waals surface area contributed by atoms with Crippen LogP contribution in [0.4, 0.5) is 5.82 Å². The number of carbonyl (C=O) groups is 2. The molecule has 0 fully saturated rings. The highest BCUT2D eigenvalue weighted by Gasteiger charge is 2.26. The Morgan fingerprint density at radius 2 is 2.16 bits per heavy atom. The molecule has 0 unspecified atom stereocenters. The molecule has 4 aromatic heterocycles. The third-order valence-electron chi connectivity index (χ3n) is 4.97. The third kappa shape index (κ3) is 3.65. The van der Waals surface area contributed by atoms with E-state index in [2.05, 4.69) is 45.7 Å². The minimum Gasteiger partial charge on any atom is -0.358 e. The number of imidazole rings is 1. The molecule has 0 radical (unpaired) electrons. The van der Waals surface area contributed by atoms with Gasteiger partial charge in [0.2, 0.25) is 5.91 Å². The van der Waals surface area contributed by atoms with Crippen LogP contribution in [-0.4, -0.2) is 65.4 Å². The van der Waals surface area contributed by atoms with E-state index in [1.807, 2.05) is 0 Å². The van der Waals surface area contributed by atoms with Crippen molar-refractivity contribution in [3.63, 3.8) is 0 Å². The molecular weight excluding hydrogens is 416 g/mol. The summed E-state index contributed by atoms with van der Waals surface area (Å²) in [7, 11) is 1.78. The van der Waals surface area contributed by atoms with Crippen molar-refractivity contribution < 1.29 is 18.4 Å². The van der Waals surface area contributed by atoms with Crippen molar-refractivity contribution in [2.45, 2.75) is 19.5 Å². The molecule has 1 aliphatic heterocycles. The number of rotatable bonds is 4. The molecule has 0 spiro atoms. The van der Waals surface area contributed by atoms with Crippen LogP contribution in [0.25, 0.3) is 22.7 Å². The van der Waals surface area contributed by atoms with Crippen LogP contribution in [0.15, 0.2) is 29.4 Å². The average Bonchev–Trinajstić information content (AvgIpc) is 3.38. The van der Waals surface area contributed by atoms with Crippen molar-refractivity contribution in [1.82, 2.24) is 45.3 Å². The van der Waals surface area contributed by atoms with E-state index in [0.29, 0.717) is 46.4 Å². The van der Waals surface area contributed by atoms with Gasteiger partial charge in [0.05, 0.1) is 18.8 Å². The lowest BCUT2D eigenvalue weighted by atomic mass is 10.1. The molecule has 3 N–H and O–H groups in total. The lowest BCUT2D eigenvalue weighted by Crippen LogP contribution is -2.29. The lowest BCUT2D eigenvalue weighted by Gasteiger charge is -2.15. The van der Waals surface area contributed by atoms with E-state index in [-0.39, 0.29) is 22.4 Å². The summed E-state index contributed by atoms with van der Waals surface area (Å²) < 4.78 is 5.42. The number of nitrogens with zero attached hydrogens (tertiary/aromatic N) is 7. The summed E-state index contributed by atoms with van der Waals surface area (Å²) in [6.45, 7) is 2.32. The molecule has 2 amide bonds. The Bertz CT molecular complexity index is 1310. The maximum absolute atomic E-state index is 13.0. The second-order valence-corrected chi connectivity index (χ2v) is 7.43. The second kappa shape index (κ2) is 7.77. The molecule has 0 saturated heterocycles. The van der Waals surface area contributed by atoms with E-state index in [9.17, 15) is 9.59 Å². The number of aromatic nitrogens is 7. The first-order chi connectivity index (χ1) is 15.5. The van der Waals surface area contributed by atoms with E-state index in [1.165, 1.54) is 12.7 Å². The van der Waals surface area contributed by atoms with E-state index >= 15 is 0 Å². The average molecular weight is 440 g/mol. The highest BCUT2D eigenvalue weighted by molar-refractivity contribution is 5.98. The van der Waals surface area contributed by atoms with Crippen LogP contribution in [0, 0.1) is 0 Å². The number of fused-ring (bicyclic) bond motifs is 2. The van der Waals surface area contributed by atoms with E-state index in [0.717, 1.165) is 0 Å². The fourth-order valence-corrected chi connectivity index (χ4v) is 3.43. The van der Waals surface area contributed by atoms with Gasteiger partial charge in [0.25, 0.3) is 5.91 Å². The standard InChI is InChI=1S/C19H18N10O3.3H2/c1-9(13-3-11(28-32-13)18-25-12-4-20-7-22-17(12)27-18)24-19(31)15-10-5-29(2)6-14(30)26-16(10)23-8-21-15;;;/h3-4,7-9H,5-6H2,1-2H3,(H,24,31)(H,20,22,25,27)(H,21,23,26,30);3*1H/t9-;;;/m1.../s1. The SMILES string of the molecule is C[C@@H](NC(=O)c1ncnc2c1CN(C)CC(=O)N2)c1cc(-c2nc3ncncc3[nH]2)no1.[HH].[HH].[HH]. The Labute approximate surface area is 185 Å². The fraction of sp³-hybridized carbons (Fsp3) is 0.263. The molecule has 5 rings (SSSR count). The Morgan fingerprint density at radius 3 is 3.00 bits per heavy atom. The Morgan fingerprint density at radius 1 is 1.28 bits per heavy atom. The van der Waals surface area contributed by atoms with Crippen LogP contribution in [0.2, 0.25) is 0 Å². The molecule has 13 nitrogen and oxygen atoms in total. The summed E-state index contributed by atoms with van der Waals surface area (Å²) in [5.74, 6) is 0.634. The Balaban J connectivity index is 0.00000144. The number of anilines is 1. The topological polar surface area (TPSA) is 168 Å². The highest BCUT2D eigenvalue weighted by atomic mass is 16.5. The molecule has 168 valence electrons. The van der Waals surface area contributed by atoms with E-state index < -0.39 is 11.9 Å². The molecule has 5 heterocycles. The van der Waals surface area contributed by atoms with Crippen LogP contribution in [0.5, 0.6) is 0 Å². The molecule has 1 atom stereocenters. The van der Waals surface area contributed by atoms with Crippen LogP contribution in [-0.2, 0) is 11.3 Å². The number of aromatic amines is 1. The van der Waals surface area contributed by atoms with Crippen molar-refractivity contribution in [1.29, 1.82) is 0 Å². The van der Waals surface area contributed by atoms with Crippen molar-refractivity contribution >= 4 is 28.8 Å². The van der Waals surface area contributed by atoms with Gasteiger partial charge in [-0.2, -0.15) is 0 Å². The number of H-pyrrole nitrogens is 1. The van der Waals surface area contributed by atoms with Gasteiger partial charge in [-0.1, -0.05) is 5.16 Å². The molecule has 0 saturated carbocycles. The van der Waals surface area contributed by atoms with Gasteiger partial charge < -0.3 is 20.1 Å². The van der Waals surface area contributed by atoms with Crippen molar-refractivity contribution in [2.24, 2.45) is 0 Å². The van der Waals surface area contributed by atoms with Gasteiger partial charge in [-0.3, -0.25) is 14.5 Å². The van der Waals surface area contributed by atoms with Crippen LogP contribution in [0.3, 0.4) is 0 Å². The summed E-state index contributed by atoms with van der Waals surface area (Å²) in [5, 5.41) is 9.59. The summed E-state index contributed by atoms with van der Waals surface area (Å²) in [4.78, 5) is 50.4. The van der Waals surface area contributed by atoms with Crippen LogP contribution in [0.1, 0.15) is 39.1 Å². The Hall–Kier alpha value is -4.26. The maximum atomic E-state index is 13.0. The molecule has 32 heavy (non-hydrogen) atoms. The molecule has 1 aliphatic rings. The minimum atomic E-state index is -0.503. The second-order valence-electron chi connectivity index (χ2n) is 7.43. The van der Waals surface area contributed by atoms with Gasteiger partial charge in [0.15, 0.2) is 17.2 Å². The van der Waals surface area contributed by atoms with Crippen molar-refractivity contribution in [3.05, 3.63) is 41.9 Å². The zero-order valence-corrected chi connectivity index (χ0v) is 17.2. The number of likely N-dealkylation sites (N-methyl/N-ethyl adjacent to an activating group) is 1. The lowest BCUT2D eigenvalue weighted by molar-refractivity contribution is -0.116. The van der Waals surface area contributed by atoms with Gasteiger partial charge in [0.1, 0.15) is 35.4 Å². The number of amides is 2. The molecular formula is C19H24N10O3. The smallest absolute Gasteiger partial charge is 0.271 e.